The molecule has 0 amide bonds. The van der Waals surface area contributed by atoms with Gasteiger partial charge in [0.1, 0.15) is 0 Å². The van der Waals surface area contributed by atoms with Gasteiger partial charge >= 0.3 is 0 Å². The van der Waals surface area contributed by atoms with Crippen LogP contribution in [0.15, 0.2) is 0 Å². The van der Waals surface area contributed by atoms with Crippen molar-refractivity contribution in [3.63, 3.8) is 0 Å². The molecule has 3 nitrogen and oxygen atoms in total. The van der Waals surface area contributed by atoms with Crippen LogP contribution in [-0.4, -0.2) is 30.2 Å². The highest BCUT2D eigenvalue weighted by molar-refractivity contribution is 8.64. The van der Waals surface area contributed by atoms with E-state index in [4.69, 9.17) is 4.55 Å². The smallest absolute Gasteiger partial charge is 0.191 e. The highest BCUT2D eigenvalue weighted by Crippen LogP contribution is 1.94. The first-order chi connectivity index (χ1) is 6.08. The zero-order chi connectivity index (χ0) is 10.7. The Morgan fingerprint density at radius 3 is 2.00 bits per heavy atom. The lowest BCUT2D eigenvalue weighted by molar-refractivity contribution is 0.626. The quantitative estimate of drug-likeness (QED) is 0.527. The maximum Gasteiger partial charge on any atom is 0.191 e. The van der Waals surface area contributed by atoms with Gasteiger partial charge < -0.3 is 4.55 Å². The van der Waals surface area contributed by atoms with E-state index in [0.717, 1.165) is 22.3 Å². The van der Waals surface area contributed by atoms with Crippen LogP contribution >= 0.6 is 10.8 Å². The highest BCUT2D eigenvalue weighted by Gasteiger charge is 1.76. The fourth-order valence-electron chi connectivity index (χ4n) is 0.346. The van der Waals surface area contributed by atoms with Crippen LogP contribution in [-0.2, 0) is 29.8 Å². The average Bonchev–Trinajstić information content (AvgIpc) is 2.05. The monoisotopic (exact) mass is 266 g/mol. The molecule has 84 valence electrons. The predicted octanol–water partition coefficient (Wildman–Crippen LogP) is 1.11. The van der Waals surface area contributed by atoms with E-state index in [-0.39, 0.29) is 9.74 Å². The summed E-state index contributed by atoms with van der Waals surface area (Å²) < 4.78 is 28.1. The van der Waals surface area contributed by atoms with Crippen LogP contribution in [0.25, 0.3) is 0 Å². The highest BCUT2D eigenvalue weighted by atomic mass is 33.1. The Morgan fingerprint density at radius 2 is 1.92 bits per heavy atom. The van der Waals surface area contributed by atoms with Gasteiger partial charge in [-0.1, -0.05) is 20.8 Å². The van der Waals surface area contributed by atoms with Crippen LogP contribution in [0.1, 0.15) is 20.8 Å². The van der Waals surface area contributed by atoms with Crippen molar-refractivity contribution >= 4 is 40.6 Å². The molecule has 0 fully saturated rings. The molecule has 0 aromatic heterocycles. The Bertz CT molecular complexity index is 192. The molecule has 1 unspecified atom stereocenters. The van der Waals surface area contributed by atoms with E-state index in [0.29, 0.717) is 5.75 Å². The molecule has 0 aliphatic rings. The predicted molar refractivity (Wildman–Crippen MR) is 68.3 cm³/mol. The summed E-state index contributed by atoms with van der Waals surface area (Å²) in [6.45, 7) is 5.88. The van der Waals surface area contributed by atoms with Gasteiger partial charge in [0.25, 0.3) is 0 Å². The van der Waals surface area contributed by atoms with Crippen molar-refractivity contribution in [2.24, 2.45) is 0 Å². The molecule has 0 aliphatic carbocycles. The second-order valence-corrected chi connectivity index (χ2v) is 8.85. The van der Waals surface area contributed by atoms with E-state index in [1.807, 2.05) is 6.92 Å². The van der Waals surface area contributed by atoms with Crippen LogP contribution in [0.3, 0.4) is 0 Å². The van der Waals surface area contributed by atoms with Crippen LogP contribution in [0.2, 0.25) is 0 Å². The fourth-order valence-corrected chi connectivity index (χ4v) is 3.11. The SMILES string of the molecule is CCS[SH](=O)=O.CC[SH]=S(O)CC. The maximum absolute atomic E-state index is 9.60. The van der Waals surface area contributed by atoms with Crippen molar-refractivity contribution in [1.29, 1.82) is 0 Å². The molecule has 0 bridgehead atoms. The third-order valence-corrected chi connectivity index (χ3v) is 6.16. The third-order valence-electron chi connectivity index (χ3n) is 0.771. The summed E-state index contributed by atoms with van der Waals surface area (Å²) >= 11 is 0. The Hall–Kier alpha value is 0.960. The molecule has 1 N–H and O–H groups in total. The van der Waals surface area contributed by atoms with Gasteiger partial charge in [0.2, 0.25) is 0 Å². The lowest BCUT2D eigenvalue weighted by atomic mass is 11.0. The molecule has 0 aromatic rings. The second kappa shape index (κ2) is 13.0. The lowest BCUT2D eigenvalue weighted by Gasteiger charge is -1.90. The minimum Gasteiger partial charge on any atom is -0.332 e. The van der Waals surface area contributed by atoms with Crippen molar-refractivity contribution in [3.8, 4) is 0 Å². The van der Waals surface area contributed by atoms with Gasteiger partial charge in [0.05, 0.1) is 0 Å². The molecular weight excluding hydrogens is 248 g/mol. The minimum absolute atomic E-state index is 0.305. The van der Waals surface area contributed by atoms with E-state index < -0.39 is 9.74 Å². The molecule has 7 heteroatoms. The third kappa shape index (κ3) is 19.4. The minimum atomic E-state index is -2.18. The van der Waals surface area contributed by atoms with E-state index in [1.54, 1.807) is 6.92 Å². The number of hydrogen-bond acceptors (Lipinski definition) is 3. The number of rotatable bonds is 4. The first-order valence-corrected chi connectivity index (χ1v) is 9.73. The Labute approximate surface area is 91.4 Å². The molecule has 0 rings (SSSR count). The van der Waals surface area contributed by atoms with Gasteiger partial charge in [-0.25, -0.2) is 8.42 Å². The lowest BCUT2D eigenvalue weighted by Crippen LogP contribution is -1.91. The molecular formula is C6H18O3S4. The largest absolute Gasteiger partial charge is 0.332 e. The summed E-state index contributed by atoms with van der Waals surface area (Å²) in [6, 6.07) is 0. The molecule has 0 saturated heterocycles. The summed E-state index contributed by atoms with van der Waals surface area (Å²) in [6.07, 6.45) is 0. The van der Waals surface area contributed by atoms with Gasteiger partial charge in [-0.05, 0) is 26.3 Å². The first-order valence-electron chi connectivity index (χ1n) is 3.93. The summed E-state index contributed by atoms with van der Waals surface area (Å²) in [5.41, 5.74) is 0. The zero-order valence-electron chi connectivity index (χ0n) is 8.10. The topological polar surface area (TPSA) is 54.4 Å². The summed E-state index contributed by atoms with van der Waals surface area (Å²) in [7, 11) is -0.356. The summed E-state index contributed by atoms with van der Waals surface area (Å²) in [4.78, 5) is 0. The Kier molecular flexibility index (Phi) is 16.3. The van der Waals surface area contributed by atoms with E-state index in [9.17, 15) is 8.42 Å². The second-order valence-electron chi connectivity index (χ2n) is 1.72. The normalized spacial score (nSPS) is 13.0. The standard InChI is InChI=1S/C4H12OS2.C2H6O2S2/c1-3-6-7(5)4-2;1-2-5-6(3)4/h5-6H,3-4H2,1-2H3;6H,2H2,1H3. The summed E-state index contributed by atoms with van der Waals surface area (Å²) in [5, 5.41) is 0. The Balaban J connectivity index is 0. The van der Waals surface area contributed by atoms with Crippen molar-refractivity contribution in [1.82, 2.24) is 0 Å². The first kappa shape index (κ1) is 16.4. The van der Waals surface area contributed by atoms with Crippen molar-refractivity contribution < 1.29 is 13.0 Å². The van der Waals surface area contributed by atoms with Gasteiger partial charge in [0, 0.05) is 11.5 Å². The zero-order valence-corrected chi connectivity index (χ0v) is 11.5. The van der Waals surface area contributed by atoms with Crippen molar-refractivity contribution in [2.45, 2.75) is 20.8 Å². The van der Waals surface area contributed by atoms with E-state index in [2.05, 4.69) is 6.92 Å². The van der Waals surface area contributed by atoms with Crippen molar-refractivity contribution in [3.05, 3.63) is 0 Å². The maximum atomic E-state index is 9.60. The average molecular weight is 266 g/mol. The molecule has 0 heterocycles. The summed E-state index contributed by atoms with van der Waals surface area (Å²) in [5.74, 6) is 2.64. The van der Waals surface area contributed by atoms with E-state index >= 15 is 0 Å². The van der Waals surface area contributed by atoms with Crippen molar-refractivity contribution in [2.75, 3.05) is 17.3 Å². The fraction of sp³-hybridized carbons (Fsp3) is 1.00. The molecule has 1 atom stereocenters. The molecule has 0 aromatic carbocycles. The molecule has 0 saturated carbocycles. The number of thiol groups is 2. The van der Waals surface area contributed by atoms with Crippen LogP contribution in [0, 0.1) is 0 Å². The van der Waals surface area contributed by atoms with Gasteiger partial charge in [-0.15, -0.1) is 0 Å². The van der Waals surface area contributed by atoms with Gasteiger partial charge in [-0.2, -0.15) is 10.3 Å². The van der Waals surface area contributed by atoms with Gasteiger partial charge in [-0.3, -0.25) is 0 Å². The molecule has 0 spiro atoms. The molecule has 0 aliphatic heterocycles. The van der Waals surface area contributed by atoms with Crippen LogP contribution in [0.4, 0.5) is 0 Å². The number of hydrogen-bond donors (Lipinski definition) is 3. The molecule has 0 radical (unpaired) electrons. The van der Waals surface area contributed by atoms with E-state index in [1.165, 1.54) is 10.3 Å². The molecule has 13 heavy (non-hydrogen) atoms. The van der Waals surface area contributed by atoms with Crippen LogP contribution in [0.5, 0.6) is 0 Å². The van der Waals surface area contributed by atoms with Crippen LogP contribution < -0.4 is 0 Å². The Morgan fingerprint density at radius 1 is 1.38 bits per heavy atom. The van der Waals surface area contributed by atoms with Gasteiger partial charge in [0.15, 0.2) is 9.74 Å².